The van der Waals surface area contributed by atoms with E-state index in [4.69, 9.17) is 4.74 Å². The summed E-state index contributed by atoms with van der Waals surface area (Å²) in [5.74, 6) is 1.40. The van der Waals surface area contributed by atoms with Gasteiger partial charge in [0.2, 0.25) is 0 Å². The lowest BCUT2D eigenvalue weighted by Gasteiger charge is -2.07. The Balaban J connectivity index is 1.97. The number of fused-ring (bicyclic) bond motifs is 1. The first-order valence-electron chi connectivity index (χ1n) is 7.67. The summed E-state index contributed by atoms with van der Waals surface area (Å²) in [6.07, 6.45) is 3.56. The number of methoxy groups -OCH3 is 1. The first-order chi connectivity index (χ1) is 11.8. The molecular weight excluding hydrogens is 300 g/mol. The number of benzene rings is 2. The molecule has 0 fully saturated rings. The van der Waals surface area contributed by atoms with Crippen LogP contribution in [0.1, 0.15) is 5.56 Å². The lowest BCUT2D eigenvalue weighted by Crippen LogP contribution is -1.92. The fourth-order valence-electron chi connectivity index (χ4n) is 2.75. The Morgan fingerprint density at radius 3 is 2.33 bits per heavy atom. The van der Waals surface area contributed by atoms with Crippen LogP contribution >= 0.6 is 0 Å². The zero-order chi connectivity index (χ0) is 16.5. The Hall–Kier alpha value is -3.21. The molecule has 2 aromatic heterocycles. The Bertz CT molecular complexity index is 988. The monoisotopic (exact) mass is 316 g/mol. The zero-order valence-electron chi connectivity index (χ0n) is 13.5. The molecule has 5 heteroatoms. The predicted molar refractivity (Wildman–Crippen MR) is 92.9 cm³/mol. The van der Waals surface area contributed by atoms with Gasteiger partial charge in [-0.1, -0.05) is 29.8 Å². The Morgan fingerprint density at radius 2 is 1.62 bits per heavy atom. The van der Waals surface area contributed by atoms with Crippen LogP contribution in [0.4, 0.5) is 0 Å². The van der Waals surface area contributed by atoms with Crippen LogP contribution in [0.2, 0.25) is 0 Å². The SMILES string of the molecule is COc1ccc(-c2nc3nnccn3c2-c2ccc(C)cc2)cc1. The van der Waals surface area contributed by atoms with E-state index < -0.39 is 0 Å². The number of ether oxygens (including phenoxy) is 1. The highest BCUT2D eigenvalue weighted by Crippen LogP contribution is 2.33. The third kappa shape index (κ3) is 2.40. The normalized spacial score (nSPS) is 10.9. The van der Waals surface area contributed by atoms with Crippen molar-refractivity contribution in [2.75, 3.05) is 7.11 Å². The second kappa shape index (κ2) is 5.77. The van der Waals surface area contributed by atoms with E-state index in [-0.39, 0.29) is 0 Å². The van der Waals surface area contributed by atoms with Crippen molar-refractivity contribution < 1.29 is 4.74 Å². The van der Waals surface area contributed by atoms with Crippen LogP contribution in [0.15, 0.2) is 60.9 Å². The second-order valence-corrected chi connectivity index (χ2v) is 5.59. The molecule has 0 radical (unpaired) electrons. The van der Waals surface area contributed by atoms with Gasteiger partial charge in [-0.3, -0.25) is 4.40 Å². The molecule has 4 aromatic rings. The van der Waals surface area contributed by atoms with E-state index in [1.807, 2.05) is 34.9 Å². The highest BCUT2D eigenvalue weighted by atomic mass is 16.5. The molecule has 24 heavy (non-hydrogen) atoms. The van der Waals surface area contributed by atoms with Crippen molar-refractivity contribution in [3.05, 3.63) is 66.5 Å². The topological polar surface area (TPSA) is 52.3 Å². The van der Waals surface area contributed by atoms with Gasteiger partial charge in [-0.15, -0.1) is 5.10 Å². The third-order valence-corrected chi connectivity index (χ3v) is 4.01. The van der Waals surface area contributed by atoms with E-state index in [1.54, 1.807) is 13.3 Å². The molecule has 0 bridgehead atoms. The quantitative estimate of drug-likeness (QED) is 0.577. The third-order valence-electron chi connectivity index (χ3n) is 4.01. The highest BCUT2D eigenvalue weighted by molar-refractivity contribution is 5.81. The lowest BCUT2D eigenvalue weighted by atomic mass is 10.0. The molecule has 0 N–H and O–H groups in total. The van der Waals surface area contributed by atoms with Crippen molar-refractivity contribution in [2.45, 2.75) is 6.92 Å². The summed E-state index contributed by atoms with van der Waals surface area (Å²) in [7, 11) is 1.66. The van der Waals surface area contributed by atoms with Crippen LogP contribution in [-0.2, 0) is 0 Å². The Labute approximate surface area is 139 Å². The molecule has 2 heterocycles. The molecule has 0 saturated heterocycles. The first-order valence-corrected chi connectivity index (χ1v) is 7.67. The maximum Gasteiger partial charge on any atom is 0.254 e. The van der Waals surface area contributed by atoms with Gasteiger partial charge in [0.05, 0.1) is 24.7 Å². The molecule has 5 nitrogen and oxygen atoms in total. The smallest absolute Gasteiger partial charge is 0.254 e. The number of imidazole rings is 1. The zero-order valence-corrected chi connectivity index (χ0v) is 13.5. The number of aromatic nitrogens is 4. The maximum atomic E-state index is 5.24. The fourth-order valence-corrected chi connectivity index (χ4v) is 2.75. The van der Waals surface area contributed by atoms with Crippen LogP contribution in [0.25, 0.3) is 28.3 Å². The van der Waals surface area contributed by atoms with Crippen molar-refractivity contribution in [2.24, 2.45) is 0 Å². The molecule has 0 spiro atoms. The van der Waals surface area contributed by atoms with Crippen LogP contribution in [0, 0.1) is 6.92 Å². The molecule has 0 atom stereocenters. The highest BCUT2D eigenvalue weighted by Gasteiger charge is 2.16. The number of rotatable bonds is 3. The summed E-state index contributed by atoms with van der Waals surface area (Å²) < 4.78 is 7.21. The summed E-state index contributed by atoms with van der Waals surface area (Å²) in [5.41, 5.74) is 5.20. The van der Waals surface area contributed by atoms with Gasteiger partial charge in [0.1, 0.15) is 5.75 Å². The Morgan fingerprint density at radius 1 is 0.917 bits per heavy atom. The minimum Gasteiger partial charge on any atom is -0.497 e. The summed E-state index contributed by atoms with van der Waals surface area (Å²) in [6.45, 7) is 2.08. The van der Waals surface area contributed by atoms with Crippen LogP contribution in [0.3, 0.4) is 0 Å². The van der Waals surface area contributed by atoms with Gasteiger partial charge >= 0.3 is 0 Å². The molecule has 0 saturated carbocycles. The van der Waals surface area contributed by atoms with E-state index in [0.29, 0.717) is 5.78 Å². The standard InChI is InChI=1S/C19H16N4O/c1-13-3-5-15(6-4-13)18-17(14-7-9-16(24-2)10-8-14)21-19-22-20-11-12-23(18)19/h3-12H,1-2H3. The van der Waals surface area contributed by atoms with E-state index in [2.05, 4.69) is 46.4 Å². The Kier molecular flexibility index (Phi) is 3.46. The minimum atomic E-state index is 0.582. The van der Waals surface area contributed by atoms with Gasteiger partial charge < -0.3 is 4.74 Å². The molecule has 0 amide bonds. The van der Waals surface area contributed by atoms with Crippen molar-refractivity contribution in [1.29, 1.82) is 0 Å². The lowest BCUT2D eigenvalue weighted by molar-refractivity contribution is 0.415. The van der Waals surface area contributed by atoms with Crippen LogP contribution in [0.5, 0.6) is 5.75 Å². The van der Waals surface area contributed by atoms with Crippen molar-refractivity contribution in [1.82, 2.24) is 19.6 Å². The summed E-state index contributed by atoms with van der Waals surface area (Å²) in [4.78, 5) is 4.69. The molecule has 4 rings (SSSR count). The average molecular weight is 316 g/mol. The maximum absolute atomic E-state index is 5.24. The largest absolute Gasteiger partial charge is 0.497 e. The molecule has 0 aliphatic carbocycles. The van der Waals surface area contributed by atoms with E-state index in [9.17, 15) is 0 Å². The van der Waals surface area contributed by atoms with Crippen molar-refractivity contribution in [3.8, 4) is 28.3 Å². The number of aryl methyl sites for hydroxylation is 1. The van der Waals surface area contributed by atoms with Gasteiger partial charge in [0.15, 0.2) is 0 Å². The first kappa shape index (κ1) is 14.4. The number of hydrogen-bond donors (Lipinski definition) is 0. The van der Waals surface area contributed by atoms with E-state index >= 15 is 0 Å². The molecule has 0 unspecified atom stereocenters. The van der Waals surface area contributed by atoms with Crippen LogP contribution < -0.4 is 4.74 Å². The second-order valence-electron chi connectivity index (χ2n) is 5.59. The fraction of sp³-hybridized carbons (Fsp3) is 0.105. The van der Waals surface area contributed by atoms with Gasteiger partial charge in [0.25, 0.3) is 5.78 Å². The average Bonchev–Trinajstić information content (AvgIpc) is 3.02. The van der Waals surface area contributed by atoms with Gasteiger partial charge in [-0.05, 0) is 31.2 Å². The number of nitrogens with zero attached hydrogens (tertiary/aromatic N) is 4. The molecular formula is C19H16N4O. The number of hydrogen-bond acceptors (Lipinski definition) is 4. The van der Waals surface area contributed by atoms with Crippen molar-refractivity contribution >= 4 is 5.78 Å². The molecule has 2 aromatic carbocycles. The molecule has 0 aliphatic heterocycles. The van der Waals surface area contributed by atoms with Gasteiger partial charge in [-0.25, -0.2) is 4.98 Å². The molecule has 118 valence electrons. The van der Waals surface area contributed by atoms with Crippen LogP contribution in [-0.4, -0.2) is 26.7 Å². The summed E-state index contributed by atoms with van der Waals surface area (Å²) in [6, 6.07) is 16.3. The van der Waals surface area contributed by atoms with Crippen molar-refractivity contribution in [3.63, 3.8) is 0 Å². The van der Waals surface area contributed by atoms with Gasteiger partial charge in [-0.2, -0.15) is 5.10 Å². The molecule has 0 aliphatic rings. The van der Waals surface area contributed by atoms with E-state index in [0.717, 1.165) is 28.3 Å². The minimum absolute atomic E-state index is 0.582. The van der Waals surface area contributed by atoms with E-state index in [1.165, 1.54) is 5.56 Å². The van der Waals surface area contributed by atoms with Gasteiger partial charge in [0, 0.05) is 17.3 Å². The summed E-state index contributed by atoms with van der Waals surface area (Å²) >= 11 is 0. The predicted octanol–water partition coefficient (Wildman–Crippen LogP) is 3.78. The summed E-state index contributed by atoms with van der Waals surface area (Å²) in [5, 5.41) is 8.08.